The van der Waals surface area contributed by atoms with Gasteiger partial charge in [0.15, 0.2) is 0 Å². The molecule has 166 valence electrons. The largest absolute Gasteiger partial charge is 0.310 e. The fourth-order valence-corrected chi connectivity index (χ4v) is 5.42. The maximum atomic E-state index is 12.9. The van der Waals surface area contributed by atoms with E-state index < -0.39 is 10.0 Å². The van der Waals surface area contributed by atoms with E-state index in [1.165, 1.54) is 50.7 Å². The first kappa shape index (κ1) is 22.0. The summed E-state index contributed by atoms with van der Waals surface area (Å²) in [5.41, 5.74) is 3.21. The number of rotatable bonds is 7. The number of hydrogen-bond donors (Lipinski definition) is 2. The van der Waals surface area contributed by atoms with Crippen LogP contribution < -0.4 is 15.4 Å². The Hall–Kier alpha value is -2.22. The first-order chi connectivity index (χ1) is 14.8. The van der Waals surface area contributed by atoms with Gasteiger partial charge < -0.3 is 5.32 Å². The summed E-state index contributed by atoms with van der Waals surface area (Å²) < 4.78 is 23.7. The van der Waals surface area contributed by atoms with Gasteiger partial charge in [-0.15, -0.1) is 0 Å². The van der Waals surface area contributed by atoms with Gasteiger partial charge in [-0.1, -0.05) is 56.4 Å². The van der Waals surface area contributed by atoms with Crippen LogP contribution in [-0.2, 0) is 27.8 Å². The van der Waals surface area contributed by atoms with Crippen LogP contribution in [0, 0.1) is 5.92 Å². The van der Waals surface area contributed by atoms with Crippen molar-refractivity contribution < 1.29 is 13.2 Å². The minimum absolute atomic E-state index is 0.0164. The molecule has 31 heavy (non-hydrogen) atoms. The summed E-state index contributed by atoms with van der Waals surface area (Å²) in [5, 5.41) is 8.95. The lowest BCUT2D eigenvalue weighted by Gasteiger charge is -2.26. The smallest absolute Gasteiger partial charge is 0.238 e. The second-order valence-corrected chi connectivity index (χ2v) is 10.5. The number of sulfonamides is 1. The molecule has 3 N–H and O–H groups in total. The monoisotopic (exact) mass is 441 g/mol. The highest BCUT2D eigenvalue weighted by molar-refractivity contribution is 7.89. The number of primary sulfonamides is 1. The van der Waals surface area contributed by atoms with Gasteiger partial charge in [0, 0.05) is 12.6 Å². The Labute approximate surface area is 184 Å². The van der Waals surface area contributed by atoms with E-state index in [0.717, 1.165) is 22.7 Å². The van der Waals surface area contributed by atoms with Crippen LogP contribution >= 0.6 is 0 Å². The third-order valence-corrected chi connectivity index (χ3v) is 7.41. The van der Waals surface area contributed by atoms with Gasteiger partial charge in [-0.25, -0.2) is 13.6 Å². The molecule has 1 aliphatic heterocycles. The van der Waals surface area contributed by atoms with Crippen LogP contribution in [0.5, 0.6) is 0 Å². The predicted octanol–water partition coefficient (Wildman–Crippen LogP) is 4.00. The molecule has 0 spiro atoms. The molecule has 0 radical (unpaired) electrons. The van der Waals surface area contributed by atoms with Gasteiger partial charge >= 0.3 is 0 Å². The third kappa shape index (κ3) is 5.00. The molecule has 4 rings (SSSR count). The number of amides is 1. The SMILES string of the molecule is CC(CC1CCCCC1)NCc1ccccc1N1C(=O)Cc2ccc(S(N)(=O)=O)cc21. The van der Waals surface area contributed by atoms with E-state index in [9.17, 15) is 13.2 Å². The Morgan fingerprint density at radius 2 is 1.84 bits per heavy atom. The Morgan fingerprint density at radius 3 is 2.58 bits per heavy atom. The summed E-state index contributed by atoms with van der Waals surface area (Å²) in [5.74, 6) is 0.736. The summed E-state index contributed by atoms with van der Waals surface area (Å²) in [6, 6.07) is 12.8. The van der Waals surface area contributed by atoms with Crippen LogP contribution in [0.3, 0.4) is 0 Å². The lowest BCUT2D eigenvalue weighted by Crippen LogP contribution is -2.30. The molecule has 1 amide bonds. The van der Waals surface area contributed by atoms with Gasteiger partial charge in [0.2, 0.25) is 15.9 Å². The molecule has 0 bridgehead atoms. The van der Waals surface area contributed by atoms with E-state index in [4.69, 9.17) is 5.14 Å². The standard InChI is InChI=1S/C24H31N3O3S/c1-17(13-18-7-3-2-4-8-18)26-16-20-9-5-6-10-22(20)27-23-15-21(31(25,29)30)12-11-19(23)14-24(27)28/h5-6,9-12,15,17-18,26H,2-4,7-8,13-14,16H2,1H3,(H2,25,29,30). The van der Waals surface area contributed by atoms with E-state index in [-0.39, 0.29) is 17.2 Å². The molecule has 6 nitrogen and oxygen atoms in total. The molecule has 0 saturated heterocycles. The van der Waals surface area contributed by atoms with E-state index in [0.29, 0.717) is 18.3 Å². The van der Waals surface area contributed by atoms with Crippen LogP contribution in [0.4, 0.5) is 11.4 Å². The molecule has 1 fully saturated rings. The van der Waals surface area contributed by atoms with Gasteiger partial charge in [-0.3, -0.25) is 9.69 Å². The van der Waals surface area contributed by atoms with E-state index >= 15 is 0 Å². The number of carbonyl (C=O) groups excluding carboxylic acids is 1. The quantitative estimate of drug-likeness (QED) is 0.679. The maximum absolute atomic E-state index is 12.9. The molecular formula is C24H31N3O3S. The molecule has 1 unspecified atom stereocenters. The minimum atomic E-state index is -3.84. The summed E-state index contributed by atoms with van der Waals surface area (Å²) in [7, 11) is -3.84. The number of benzene rings is 2. The molecule has 7 heteroatoms. The van der Waals surface area contributed by atoms with Gasteiger partial charge in [-0.2, -0.15) is 0 Å². The van der Waals surface area contributed by atoms with Crippen molar-refractivity contribution in [3.63, 3.8) is 0 Å². The molecular weight excluding hydrogens is 410 g/mol. The average molecular weight is 442 g/mol. The maximum Gasteiger partial charge on any atom is 0.238 e. The predicted molar refractivity (Wildman–Crippen MR) is 123 cm³/mol. The number of nitrogens with two attached hydrogens (primary N) is 1. The summed E-state index contributed by atoms with van der Waals surface area (Å²) >= 11 is 0. The van der Waals surface area contributed by atoms with Crippen molar-refractivity contribution in [1.82, 2.24) is 5.32 Å². The first-order valence-corrected chi connectivity index (χ1v) is 12.7. The van der Waals surface area contributed by atoms with Gasteiger partial charge in [0.05, 0.1) is 22.7 Å². The summed E-state index contributed by atoms with van der Waals surface area (Å²) in [6.45, 7) is 2.88. The van der Waals surface area contributed by atoms with E-state index in [1.54, 1.807) is 11.0 Å². The highest BCUT2D eigenvalue weighted by atomic mass is 32.2. The second-order valence-electron chi connectivity index (χ2n) is 8.89. The van der Waals surface area contributed by atoms with Crippen LogP contribution in [-0.4, -0.2) is 20.4 Å². The average Bonchev–Trinajstić information content (AvgIpc) is 3.07. The zero-order chi connectivity index (χ0) is 22.0. The van der Waals surface area contributed by atoms with Crippen LogP contribution in [0.2, 0.25) is 0 Å². The number of hydrogen-bond acceptors (Lipinski definition) is 4. The van der Waals surface area contributed by atoms with Gasteiger partial charge in [0.1, 0.15) is 0 Å². The zero-order valence-corrected chi connectivity index (χ0v) is 18.8. The van der Waals surface area contributed by atoms with Crippen LogP contribution in [0.25, 0.3) is 0 Å². The molecule has 2 aromatic rings. The fourth-order valence-electron chi connectivity index (χ4n) is 4.89. The lowest BCUT2D eigenvalue weighted by molar-refractivity contribution is -0.116. The van der Waals surface area contributed by atoms with Crippen molar-refractivity contribution in [2.75, 3.05) is 4.90 Å². The molecule has 1 aliphatic carbocycles. The van der Waals surface area contributed by atoms with Gasteiger partial charge in [0.25, 0.3) is 0 Å². The highest BCUT2D eigenvalue weighted by Gasteiger charge is 2.31. The molecule has 0 aromatic heterocycles. The normalized spacial score (nSPS) is 18.3. The third-order valence-electron chi connectivity index (χ3n) is 6.50. The molecule has 2 aromatic carbocycles. The first-order valence-electron chi connectivity index (χ1n) is 11.1. The Bertz CT molecular complexity index is 1060. The summed E-state index contributed by atoms with van der Waals surface area (Å²) in [6.07, 6.45) is 8.13. The second kappa shape index (κ2) is 9.10. The fraction of sp³-hybridized carbons (Fsp3) is 0.458. The lowest BCUT2D eigenvalue weighted by atomic mass is 9.85. The number of nitrogens with zero attached hydrogens (tertiary/aromatic N) is 1. The topological polar surface area (TPSA) is 92.5 Å². The highest BCUT2D eigenvalue weighted by Crippen LogP contribution is 2.38. The number of carbonyl (C=O) groups is 1. The number of fused-ring (bicyclic) bond motifs is 1. The van der Waals surface area contributed by atoms with E-state index in [2.05, 4.69) is 12.2 Å². The number of para-hydroxylation sites is 1. The zero-order valence-electron chi connectivity index (χ0n) is 18.0. The minimum Gasteiger partial charge on any atom is -0.310 e. The Kier molecular flexibility index (Phi) is 6.46. The van der Waals surface area contributed by atoms with Crippen molar-refractivity contribution in [3.05, 3.63) is 53.6 Å². The van der Waals surface area contributed by atoms with Crippen molar-refractivity contribution in [1.29, 1.82) is 0 Å². The Morgan fingerprint density at radius 1 is 1.10 bits per heavy atom. The molecule has 1 saturated carbocycles. The van der Waals surface area contributed by atoms with E-state index in [1.807, 2.05) is 24.3 Å². The van der Waals surface area contributed by atoms with Crippen molar-refractivity contribution >= 4 is 27.3 Å². The molecule has 1 atom stereocenters. The van der Waals surface area contributed by atoms with Crippen molar-refractivity contribution in [3.8, 4) is 0 Å². The molecule has 1 heterocycles. The molecule has 2 aliphatic rings. The Balaban J connectivity index is 1.54. The van der Waals surface area contributed by atoms with Crippen molar-refractivity contribution in [2.45, 2.75) is 69.4 Å². The summed E-state index contributed by atoms with van der Waals surface area (Å²) in [4.78, 5) is 14.5. The number of nitrogens with one attached hydrogen (secondary N) is 1. The van der Waals surface area contributed by atoms with Crippen LogP contribution in [0.1, 0.15) is 56.6 Å². The van der Waals surface area contributed by atoms with Crippen molar-refractivity contribution in [2.24, 2.45) is 11.1 Å². The van der Waals surface area contributed by atoms with Crippen LogP contribution in [0.15, 0.2) is 47.4 Å². The van der Waals surface area contributed by atoms with Gasteiger partial charge in [-0.05, 0) is 48.6 Å². The number of anilines is 2.